The highest BCUT2D eigenvalue weighted by molar-refractivity contribution is 5.49. The van der Waals surface area contributed by atoms with Crippen molar-refractivity contribution in [2.24, 2.45) is 0 Å². The number of piperazine rings is 1. The van der Waals surface area contributed by atoms with Crippen molar-refractivity contribution in [3.05, 3.63) is 59.2 Å². The van der Waals surface area contributed by atoms with Crippen LogP contribution in [0, 0.1) is 0 Å². The van der Waals surface area contributed by atoms with Gasteiger partial charge in [-0.1, -0.05) is 18.6 Å². The quantitative estimate of drug-likeness (QED) is 0.574. The Labute approximate surface area is 206 Å². The maximum atomic E-state index is 13.1. The molecule has 3 aliphatic rings. The van der Waals surface area contributed by atoms with Gasteiger partial charge in [0.1, 0.15) is 5.75 Å². The fourth-order valence-electron chi connectivity index (χ4n) is 6.30. The van der Waals surface area contributed by atoms with Crippen LogP contribution < -0.4 is 9.64 Å². The number of hydrogen-bond acceptors (Lipinski definition) is 4. The third-order valence-electron chi connectivity index (χ3n) is 8.38. The number of aryl methyl sites for hydroxylation is 1. The molecule has 2 heterocycles. The summed E-state index contributed by atoms with van der Waals surface area (Å²) in [5.74, 6) is 0.949. The summed E-state index contributed by atoms with van der Waals surface area (Å²) in [5.41, 5.74) is 3.27. The molecule has 2 fully saturated rings. The Morgan fingerprint density at radius 1 is 0.886 bits per heavy atom. The minimum absolute atomic E-state index is 0.264. The average Bonchev–Trinajstić information content (AvgIpc) is 2.88. The van der Waals surface area contributed by atoms with Gasteiger partial charge in [-0.25, -0.2) is 0 Å². The molecule has 1 unspecified atom stereocenters. The summed E-state index contributed by atoms with van der Waals surface area (Å²) in [6.45, 7) is 6.56. The van der Waals surface area contributed by atoms with Gasteiger partial charge in [0.05, 0.1) is 12.7 Å². The first kappa shape index (κ1) is 24.4. The van der Waals surface area contributed by atoms with E-state index in [1.54, 1.807) is 13.2 Å². The van der Waals surface area contributed by atoms with E-state index in [2.05, 4.69) is 32.9 Å². The van der Waals surface area contributed by atoms with Crippen molar-refractivity contribution in [1.82, 2.24) is 9.80 Å². The number of likely N-dealkylation sites (tertiary alicyclic amines) is 1. The van der Waals surface area contributed by atoms with Crippen molar-refractivity contribution in [3.8, 4) is 5.75 Å². The van der Waals surface area contributed by atoms with E-state index in [0.717, 1.165) is 70.5 Å². The zero-order valence-electron chi connectivity index (χ0n) is 20.6. The third-order valence-corrected chi connectivity index (χ3v) is 8.38. The Bertz CT molecular complexity index is 1020. The van der Waals surface area contributed by atoms with Crippen LogP contribution in [0.2, 0.25) is 0 Å². The maximum Gasteiger partial charge on any atom is 0.416 e. The van der Waals surface area contributed by atoms with Crippen LogP contribution in [0.4, 0.5) is 18.9 Å². The fraction of sp³-hybridized carbons (Fsp3) is 0.571. The molecule has 2 aliphatic heterocycles. The summed E-state index contributed by atoms with van der Waals surface area (Å²) in [7, 11) is 1.73. The van der Waals surface area contributed by atoms with E-state index in [1.807, 2.05) is 0 Å². The number of piperidine rings is 1. The lowest BCUT2D eigenvalue weighted by molar-refractivity contribution is -0.137. The average molecular weight is 488 g/mol. The molecule has 2 aromatic carbocycles. The summed E-state index contributed by atoms with van der Waals surface area (Å²) in [5, 5.41) is 0. The number of rotatable bonds is 5. The molecule has 0 saturated carbocycles. The molecular formula is C28H36F3N3O. The maximum absolute atomic E-state index is 13.1. The van der Waals surface area contributed by atoms with Crippen LogP contribution in [0.5, 0.6) is 5.75 Å². The van der Waals surface area contributed by atoms with Crippen LogP contribution in [0.3, 0.4) is 0 Å². The first-order valence-corrected chi connectivity index (χ1v) is 12.9. The molecular weight excluding hydrogens is 451 g/mol. The van der Waals surface area contributed by atoms with Crippen LogP contribution in [0.15, 0.2) is 42.5 Å². The van der Waals surface area contributed by atoms with E-state index in [-0.39, 0.29) is 5.54 Å². The van der Waals surface area contributed by atoms with Gasteiger partial charge in [0.2, 0.25) is 0 Å². The van der Waals surface area contributed by atoms with Gasteiger partial charge in [-0.15, -0.1) is 0 Å². The molecule has 1 spiro atoms. The van der Waals surface area contributed by atoms with Gasteiger partial charge in [-0.05, 0) is 80.1 Å². The van der Waals surface area contributed by atoms with E-state index in [0.29, 0.717) is 5.69 Å². The van der Waals surface area contributed by atoms with Crippen LogP contribution in [0.25, 0.3) is 0 Å². The van der Waals surface area contributed by atoms with Crippen LogP contribution in [0.1, 0.15) is 42.4 Å². The highest BCUT2D eigenvalue weighted by atomic mass is 19.4. The zero-order chi connectivity index (χ0) is 24.5. The van der Waals surface area contributed by atoms with Gasteiger partial charge in [0.25, 0.3) is 0 Å². The Hall–Kier alpha value is -2.25. The Kier molecular flexibility index (Phi) is 6.99. The third kappa shape index (κ3) is 5.31. The van der Waals surface area contributed by atoms with Crippen molar-refractivity contribution in [2.45, 2.75) is 50.2 Å². The van der Waals surface area contributed by atoms with Gasteiger partial charge in [0, 0.05) is 50.5 Å². The fourth-order valence-corrected chi connectivity index (χ4v) is 6.30. The second-order valence-corrected chi connectivity index (χ2v) is 10.4. The summed E-state index contributed by atoms with van der Waals surface area (Å²) in [6, 6.07) is 12.3. The van der Waals surface area contributed by atoms with Crippen molar-refractivity contribution >= 4 is 5.69 Å². The van der Waals surface area contributed by atoms with Crippen molar-refractivity contribution < 1.29 is 17.9 Å². The number of benzene rings is 2. The molecule has 0 bridgehead atoms. The van der Waals surface area contributed by atoms with Gasteiger partial charge in [0.15, 0.2) is 0 Å². The minimum Gasteiger partial charge on any atom is -0.497 e. The molecule has 1 aliphatic carbocycles. The number of nitrogens with zero attached hydrogens (tertiary/aromatic N) is 3. The van der Waals surface area contributed by atoms with Crippen LogP contribution in [-0.4, -0.2) is 68.3 Å². The SMILES string of the molecule is COc1ccc2c(c1)CCC1(CCCCN1CCN1CCN(c3cccc(C(F)(F)F)c3)CC1)C2. The topological polar surface area (TPSA) is 19.0 Å². The molecule has 0 N–H and O–H groups in total. The number of methoxy groups -OCH3 is 1. The number of anilines is 1. The monoisotopic (exact) mass is 487 g/mol. The van der Waals surface area contributed by atoms with Gasteiger partial charge < -0.3 is 9.64 Å². The van der Waals surface area contributed by atoms with Crippen molar-refractivity contribution in [1.29, 1.82) is 0 Å². The number of alkyl halides is 3. The van der Waals surface area contributed by atoms with E-state index >= 15 is 0 Å². The van der Waals surface area contributed by atoms with Gasteiger partial charge in [-0.3, -0.25) is 9.80 Å². The molecule has 7 heteroatoms. The van der Waals surface area contributed by atoms with E-state index in [1.165, 1.54) is 48.9 Å². The van der Waals surface area contributed by atoms with Crippen LogP contribution >= 0.6 is 0 Å². The van der Waals surface area contributed by atoms with Gasteiger partial charge in [-0.2, -0.15) is 13.2 Å². The summed E-state index contributed by atoms with van der Waals surface area (Å²) < 4.78 is 44.7. The molecule has 4 nitrogen and oxygen atoms in total. The predicted octanol–water partition coefficient (Wildman–Crippen LogP) is 5.25. The second-order valence-electron chi connectivity index (χ2n) is 10.4. The highest BCUT2D eigenvalue weighted by Crippen LogP contribution is 2.40. The Morgan fingerprint density at radius 2 is 1.71 bits per heavy atom. The first-order chi connectivity index (χ1) is 16.9. The predicted molar refractivity (Wildman–Crippen MR) is 133 cm³/mol. The van der Waals surface area contributed by atoms with Crippen LogP contribution in [-0.2, 0) is 19.0 Å². The number of hydrogen-bond donors (Lipinski definition) is 0. The van der Waals surface area contributed by atoms with E-state index in [9.17, 15) is 13.2 Å². The van der Waals surface area contributed by atoms with Gasteiger partial charge >= 0.3 is 6.18 Å². The molecule has 0 radical (unpaired) electrons. The van der Waals surface area contributed by atoms with E-state index < -0.39 is 11.7 Å². The Balaban J connectivity index is 1.18. The Morgan fingerprint density at radius 3 is 2.49 bits per heavy atom. The number of fused-ring (bicyclic) bond motifs is 1. The molecule has 2 aromatic rings. The zero-order valence-corrected chi connectivity index (χ0v) is 20.6. The summed E-state index contributed by atoms with van der Waals surface area (Å²) >= 11 is 0. The standard InChI is InChI=1S/C28H36F3N3O/c1-35-26-8-7-23-21-27(11-9-22(23)19-26)10-2-3-12-34(27)18-15-32-13-16-33(17-14-32)25-6-4-5-24(20-25)28(29,30)31/h4-8,19-20H,2-3,9-18,21H2,1H3. The first-order valence-electron chi connectivity index (χ1n) is 12.9. The smallest absolute Gasteiger partial charge is 0.416 e. The minimum atomic E-state index is -4.30. The highest BCUT2D eigenvalue weighted by Gasteiger charge is 2.41. The summed E-state index contributed by atoms with van der Waals surface area (Å²) in [6.07, 6.45) is 2.97. The normalized spacial score (nSPS) is 23.9. The molecule has 0 amide bonds. The largest absolute Gasteiger partial charge is 0.497 e. The lowest BCUT2D eigenvalue weighted by Gasteiger charge is -2.51. The molecule has 1 atom stereocenters. The van der Waals surface area contributed by atoms with Crippen molar-refractivity contribution in [2.75, 3.05) is 57.8 Å². The number of halogens is 3. The molecule has 5 rings (SSSR count). The summed E-state index contributed by atoms with van der Waals surface area (Å²) in [4.78, 5) is 7.32. The lowest BCUT2D eigenvalue weighted by Crippen LogP contribution is -2.57. The molecule has 35 heavy (non-hydrogen) atoms. The lowest BCUT2D eigenvalue weighted by atomic mass is 9.72. The molecule has 190 valence electrons. The van der Waals surface area contributed by atoms with E-state index in [4.69, 9.17) is 4.74 Å². The number of ether oxygens (including phenoxy) is 1. The molecule has 0 aromatic heterocycles. The second kappa shape index (κ2) is 10.0. The molecule has 2 saturated heterocycles. The van der Waals surface area contributed by atoms with Crippen molar-refractivity contribution in [3.63, 3.8) is 0 Å².